The predicted octanol–water partition coefficient (Wildman–Crippen LogP) is 2.66. The lowest BCUT2D eigenvalue weighted by Gasteiger charge is -2.08. The molecule has 0 radical (unpaired) electrons. The molecule has 0 aliphatic carbocycles. The van der Waals surface area contributed by atoms with Crippen molar-refractivity contribution in [2.45, 2.75) is 6.42 Å². The van der Waals surface area contributed by atoms with Crippen molar-refractivity contribution in [1.82, 2.24) is 24.9 Å². The second-order valence-corrected chi connectivity index (χ2v) is 5.71. The summed E-state index contributed by atoms with van der Waals surface area (Å²) in [6.45, 7) is 0. The predicted molar refractivity (Wildman–Crippen MR) is 98.6 cm³/mol. The first-order valence-electron chi connectivity index (χ1n) is 8.06. The van der Waals surface area contributed by atoms with E-state index >= 15 is 0 Å². The highest BCUT2D eigenvalue weighted by Gasteiger charge is 2.11. The number of ether oxygens (including phenoxy) is 1. The molecule has 0 aliphatic heterocycles. The first kappa shape index (κ1) is 15.9. The molecule has 0 saturated heterocycles. The Morgan fingerprint density at radius 2 is 1.69 bits per heavy atom. The Bertz CT molecular complexity index is 1050. The number of nitrogens with two attached hydrogens (primary N) is 1. The standard InChI is InChI=1S/C19H16N6O/c1-26-19-21-10-13(11-22-19)14-7-8-15-17(23-14)16(25-18(20)24-15)9-12-5-3-2-4-6-12/h2-8,10-11H,9H2,1H3,(H2,20,24,25). The Morgan fingerprint density at radius 3 is 2.42 bits per heavy atom. The Kier molecular flexibility index (Phi) is 4.10. The number of nitrogens with zero attached hydrogens (tertiary/aromatic N) is 5. The minimum atomic E-state index is 0.241. The van der Waals surface area contributed by atoms with Crippen molar-refractivity contribution in [3.63, 3.8) is 0 Å². The summed E-state index contributed by atoms with van der Waals surface area (Å²) in [5, 5.41) is 0. The van der Waals surface area contributed by atoms with E-state index in [0.717, 1.165) is 28.0 Å². The lowest BCUT2D eigenvalue weighted by atomic mass is 10.1. The molecule has 0 spiro atoms. The molecule has 0 unspecified atom stereocenters. The highest BCUT2D eigenvalue weighted by Crippen LogP contribution is 2.23. The molecule has 3 aromatic heterocycles. The van der Waals surface area contributed by atoms with Crippen LogP contribution in [0.1, 0.15) is 11.3 Å². The number of aromatic nitrogens is 5. The van der Waals surface area contributed by atoms with Crippen LogP contribution in [0.5, 0.6) is 6.01 Å². The SMILES string of the molecule is COc1ncc(-c2ccc3nc(N)nc(Cc4ccccc4)c3n2)cn1. The highest BCUT2D eigenvalue weighted by molar-refractivity contribution is 5.81. The Labute approximate surface area is 150 Å². The fourth-order valence-electron chi connectivity index (χ4n) is 2.72. The second kappa shape index (κ2) is 6.72. The van der Waals surface area contributed by atoms with Crippen molar-refractivity contribution >= 4 is 17.0 Å². The molecule has 3 heterocycles. The van der Waals surface area contributed by atoms with E-state index in [-0.39, 0.29) is 5.95 Å². The van der Waals surface area contributed by atoms with Crippen molar-refractivity contribution in [2.75, 3.05) is 12.8 Å². The van der Waals surface area contributed by atoms with E-state index in [1.54, 1.807) is 12.4 Å². The molecule has 7 heteroatoms. The largest absolute Gasteiger partial charge is 0.467 e. The summed E-state index contributed by atoms with van der Waals surface area (Å²) in [5.41, 5.74) is 10.7. The van der Waals surface area contributed by atoms with Crippen molar-refractivity contribution in [2.24, 2.45) is 0 Å². The summed E-state index contributed by atoms with van der Waals surface area (Å²) in [6.07, 6.45) is 3.98. The summed E-state index contributed by atoms with van der Waals surface area (Å²) in [4.78, 5) is 21.7. The van der Waals surface area contributed by atoms with E-state index in [4.69, 9.17) is 15.5 Å². The molecule has 0 fully saturated rings. The first-order chi connectivity index (χ1) is 12.7. The summed E-state index contributed by atoms with van der Waals surface area (Å²) in [5.74, 6) is 0.241. The van der Waals surface area contributed by atoms with Crippen LogP contribution in [0.15, 0.2) is 54.9 Å². The molecule has 0 bridgehead atoms. The molecule has 4 aromatic rings. The fraction of sp³-hybridized carbons (Fsp3) is 0.105. The van der Waals surface area contributed by atoms with Crippen molar-refractivity contribution in [3.8, 4) is 17.3 Å². The van der Waals surface area contributed by atoms with Gasteiger partial charge in [0, 0.05) is 24.4 Å². The maximum atomic E-state index is 5.88. The molecule has 0 aliphatic rings. The van der Waals surface area contributed by atoms with Crippen molar-refractivity contribution in [3.05, 3.63) is 66.1 Å². The minimum Gasteiger partial charge on any atom is -0.467 e. The van der Waals surface area contributed by atoms with E-state index in [2.05, 4.69) is 19.9 Å². The molecule has 0 atom stereocenters. The number of hydrogen-bond acceptors (Lipinski definition) is 7. The van der Waals surface area contributed by atoms with Crippen LogP contribution >= 0.6 is 0 Å². The summed E-state index contributed by atoms with van der Waals surface area (Å²) in [7, 11) is 1.53. The van der Waals surface area contributed by atoms with Crippen LogP contribution in [0.4, 0.5) is 5.95 Å². The number of rotatable bonds is 4. The Hall–Kier alpha value is -3.61. The number of nitrogen functional groups attached to an aromatic ring is 1. The van der Waals surface area contributed by atoms with Crippen molar-refractivity contribution < 1.29 is 4.74 Å². The maximum Gasteiger partial charge on any atom is 0.316 e. The molecule has 7 nitrogen and oxygen atoms in total. The van der Waals surface area contributed by atoms with E-state index in [9.17, 15) is 0 Å². The van der Waals surface area contributed by atoms with Gasteiger partial charge in [0.15, 0.2) is 0 Å². The van der Waals surface area contributed by atoms with E-state index in [1.165, 1.54) is 7.11 Å². The fourth-order valence-corrected chi connectivity index (χ4v) is 2.72. The van der Waals surface area contributed by atoms with Crippen LogP contribution < -0.4 is 10.5 Å². The van der Waals surface area contributed by atoms with E-state index < -0.39 is 0 Å². The zero-order chi connectivity index (χ0) is 17.9. The average molecular weight is 344 g/mol. The number of fused-ring (bicyclic) bond motifs is 1. The van der Waals surface area contributed by atoms with Gasteiger partial charge in [-0.25, -0.2) is 24.9 Å². The van der Waals surface area contributed by atoms with Gasteiger partial charge in [-0.05, 0) is 17.7 Å². The minimum absolute atomic E-state index is 0.241. The van der Waals surface area contributed by atoms with Crippen molar-refractivity contribution in [1.29, 1.82) is 0 Å². The molecule has 4 rings (SSSR count). The van der Waals surface area contributed by atoms with Crippen LogP contribution in [0.25, 0.3) is 22.3 Å². The van der Waals surface area contributed by atoms with Gasteiger partial charge < -0.3 is 10.5 Å². The molecule has 26 heavy (non-hydrogen) atoms. The normalized spacial score (nSPS) is 10.8. The number of anilines is 1. The van der Waals surface area contributed by atoms with Gasteiger partial charge in [-0.2, -0.15) is 0 Å². The third kappa shape index (κ3) is 3.14. The Balaban J connectivity index is 1.80. The van der Waals surface area contributed by atoms with E-state index in [1.807, 2.05) is 42.5 Å². The highest BCUT2D eigenvalue weighted by atomic mass is 16.5. The van der Waals surface area contributed by atoms with E-state index in [0.29, 0.717) is 17.9 Å². The van der Waals surface area contributed by atoms with Gasteiger partial charge >= 0.3 is 6.01 Å². The number of methoxy groups -OCH3 is 1. The van der Waals surface area contributed by atoms with Gasteiger partial charge in [-0.1, -0.05) is 30.3 Å². The van der Waals surface area contributed by atoms with Gasteiger partial charge in [-0.3, -0.25) is 0 Å². The molecule has 128 valence electrons. The van der Waals surface area contributed by atoms with Gasteiger partial charge in [0.25, 0.3) is 0 Å². The van der Waals surface area contributed by atoms with Crippen LogP contribution in [-0.2, 0) is 6.42 Å². The zero-order valence-corrected chi connectivity index (χ0v) is 14.1. The number of hydrogen-bond donors (Lipinski definition) is 1. The Morgan fingerprint density at radius 1 is 0.923 bits per heavy atom. The summed E-state index contributed by atoms with van der Waals surface area (Å²) >= 11 is 0. The van der Waals surface area contributed by atoms with Crippen LogP contribution in [0, 0.1) is 0 Å². The monoisotopic (exact) mass is 344 g/mol. The van der Waals surface area contributed by atoms with Gasteiger partial charge in [0.05, 0.1) is 24.0 Å². The molecule has 0 amide bonds. The lowest BCUT2D eigenvalue weighted by molar-refractivity contribution is 0.380. The molecular formula is C19H16N6O. The smallest absolute Gasteiger partial charge is 0.316 e. The lowest BCUT2D eigenvalue weighted by Crippen LogP contribution is -2.03. The first-order valence-corrected chi connectivity index (χ1v) is 8.06. The van der Waals surface area contributed by atoms with Gasteiger partial charge in [-0.15, -0.1) is 0 Å². The van der Waals surface area contributed by atoms with Gasteiger partial charge in [0.1, 0.15) is 5.52 Å². The number of pyridine rings is 1. The van der Waals surface area contributed by atoms with Crippen LogP contribution in [0.3, 0.4) is 0 Å². The third-order valence-corrected chi connectivity index (χ3v) is 3.95. The average Bonchev–Trinajstić information content (AvgIpc) is 2.68. The van der Waals surface area contributed by atoms with Crippen LogP contribution in [-0.4, -0.2) is 32.0 Å². The summed E-state index contributed by atoms with van der Waals surface area (Å²) in [6, 6.07) is 14.1. The molecule has 0 saturated carbocycles. The molecule has 2 N–H and O–H groups in total. The molecular weight excluding hydrogens is 328 g/mol. The van der Waals surface area contributed by atoms with Crippen LogP contribution in [0.2, 0.25) is 0 Å². The van der Waals surface area contributed by atoms with Gasteiger partial charge in [0.2, 0.25) is 5.95 Å². The summed E-state index contributed by atoms with van der Waals surface area (Å²) < 4.78 is 5.00. The third-order valence-electron chi connectivity index (χ3n) is 3.95. The topological polar surface area (TPSA) is 99.7 Å². The maximum absolute atomic E-state index is 5.88. The number of benzene rings is 1. The second-order valence-electron chi connectivity index (χ2n) is 5.71. The zero-order valence-electron chi connectivity index (χ0n) is 14.1. The molecule has 1 aromatic carbocycles. The quantitative estimate of drug-likeness (QED) is 0.607.